The van der Waals surface area contributed by atoms with E-state index in [4.69, 9.17) is 32.7 Å². The van der Waals surface area contributed by atoms with Crippen LogP contribution < -0.4 is 14.4 Å². The molecule has 0 spiro atoms. The zero-order valence-corrected chi connectivity index (χ0v) is 22.3. The van der Waals surface area contributed by atoms with Gasteiger partial charge in [-0.15, -0.1) is 0 Å². The Morgan fingerprint density at radius 2 is 1.59 bits per heavy atom. The minimum absolute atomic E-state index is 0.0640. The third-order valence-corrected chi connectivity index (χ3v) is 6.17. The van der Waals surface area contributed by atoms with E-state index in [1.807, 2.05) is 0 Å². The highest BCUT2D eigenvalue weighted by atomic mass is 35.5. The molecule has 3 rings (SSSR count). The summed E-state index contributed by atoms with van der Waals surface area (Å²) in [4.78, 5) is 28.8. The number of halogens is 5. The number of para-hydroxylation sites is 2. The first-order valence-corrected chi connectivity index (χ1v) is 12.4. The van der Waals surface area contributed by atoms with E-state index in [0.29, 0.717) is 11.8 Å². The predicted octanol–water partition coefficient (Wildman–Crippen LogP) is 7.13. The molecule has 1 atom stereocenters. The van der Waals surface area contributed by atoms with Crippen LogP contribution in [0.4, 0.5) is 18.9 Å². The quantitative estimate of drug-likeness (QED) is 0.239. The van der Waals surface area contributed by atoms with Gasteiger partial charge in [-0.2, -0.15) is 18.4 Å². The Morgan fingerprint density at radius 3 is 2.15 bits per heavy atom. The van der Waals surface area contributed by atoms with E-state index in [1.54, 1.807) is 62.4 Å². The Morgan fingerprint density at radius 1 is 0.949 bits per heavy atom. The zero-order valence-electron chi connectivity index (χ0n) is 20.8. The van der Waals surface area contributed by atoms with Gasteiger partial charge in [0.25, 0.3) is 5.91 Å². The summed E-state index contributed by atoms with van der Waals surface area (Å²) < 4.78 is 50.0. The van der Waals surface area contributed by atoms with Crippen LogP contribution in [0.3, 0.4) is 0 Å². The van der Waals surface area contributed by atoms with Gasteiger partial charge in [0, 0.05) is 18.2 Å². The molecule has 0 N–H and O–H groups in total. The molecular weight excluding hydrogens is 556 g/mol. The fourth-order valence-corrected chi connectivity index (χ4v) is 4.09. The van der Waals surface area contributed by atoms with E-state index < -0.39 is 48.1 Å². The number of benzene rings is 3. The lowest BCUT2D eigenvalue weighted by Crippen LogP contribution is -2.59. The molecule has 0 bridgehead atoms. The normalized spacial score (nSPS) is 12.8. The van der Waals surface area contributed by atoms with Crippen molar-refractivity contribution in [1.82, 2.24) is 0 Å². The third-order valence-electron chi connectivity index (χ3n) is 5.57. The monoisotopic (exact) mass is 578 g/mol. The number of amides is 1. The van der Waals surface area contributed by atoms with Gasteiger partial charge in [-0.05, 0) is 56.3 Å². The van der Waals surface area contributed by atoms with E-state index >= 15 is 0 Å². The molecule has 3 aromatic carbocycles. The van der Waals surface area contributed by atoms with E-state index in [0.717, 1.165) is 12.1 Å². The van der Waals surface area contributed by atoms with Crippen LogP contribution in [0, 0.1) is 11.3 Å². The second kappa shape index (κ2) is 12.4. The number of ether oxygens (including phenoxy) is 2. The summed E-state index contributed by atoms with van der Waals surface area (Å²) in [5, 5.41) is 10.0. The molecule has 39 heavy (non-hydrogen) atoms. The van der Waals surface area contributed by atoms with Gasteiger partial charge >= 0.3 is 11.8 Å². The van der Waals surface area contributed by atoms with Crippen molar-refractivity contribution in [3.05, 3.63) is 88.4 Å². The molecule has 0 aliphatic carbocycles. The third kappa shape index (κ3) is 6.83. The highest BCUT2D eigenvalue weighted by Gasteiger charge is 2.52. The molecular formula is C28H23Cl2F3N2O4. The van der Waals surface area contributed by atoms with Crippen molar-refractivity contribution in [2.75, 3.05) is 11.5 Å². The van der Waals surface area contributed by atoms with Crippen molar-refractivity contribution in [1.29, 1.82) is 5.26 Å². The van der Waals surface area contributed by atoms with Crippen LogP contribution in [-0.4, -0.2) is 29.9 Å². The summed E-state index contributed by atoms with van der Waals surface area (Å²) in [6.45, 7) is 3.02. The maximum atomic E-state index is 14.0. The standard InChI is InChI=1S/C28H23Cl2F3N2O4/c1-18(2)35(20-8-4-3-5-9-20)26(37)27(17-34,39-24-11-7-6-10-21(24)29)25(36)14-15-38-23-13-12-19(16-22(23)30)28(31,32)33/h3-13,16,18H,14-15H2,1-2H3. The molecule has 0 aliphatic rings. The van der Waals surface area contributed by atoms with Gasteiger partial charge in [0.1, 0.15) is 17.6 Å². The summed E-state index contributed by atoms with van der Waals surface area (Å²) in [6.07, 6.45) is -5.11. The van der Waals surface area contributed by atoms with Crippen molar-refractivity contribution in [2.24, 2.45) is 0 Å². The Bertz CT molecular complexity index is 1380. The van der Waals surface area contributed by atoms with Crippen LogP contribution >= 0.6 is 23.2 Å². The number of alkyl halides is 3. The van der Waals surface area contributed by atoms with Gasteiger partial charge in [-0.25, -0.2) is 0 Å². The van der Waals surface area contributed by atoms with Crippen LogP contribution in [0.5, 0.6) is 11.5 Å². The van der Waals surface area contributed by atoms with Crippen molar-refractivity contribution in [2.45, 2.75) is 38.1 Å². The molecule has 204 valence electrons. The number of Topliss-reactive ketones (excluding diaryl/α,β-unsaturated/α-hetero) is 1. The molecule has 3 aromatic rings. The number of nitriles is 1. The molecule has 0 saturated carbocycles. The topological polar surface area (TPSA) is 79.6 Å². The molecule has 1 amide bonds. The van der Waals surface area contributed by atoms with Gasteiger partial charge in [0.2, 0.25) is 5.78 Å². The second-order valence-corrected chi connectivity index (χ2v) is 9.41. The summed E-state index contributed by atoms with van der Waals surface area (Å²) in [5.41, 5.74) is -3.19. The molecule has 0 aromatic heterocycles. The highest BCUT2D eigenvalue weighted by molar-refractivity contribution is 6.32. The number of hydrogen-bond donors (Lipinski definition) is 0. The fourth-order valence-electron chi connectivity index (χ4n) is 3.68. The number of carbonyl (C=O) groups is 2. The van der Waals surface area contributed by atoms with Gasteiger partial charge in [-0.3, -0.25) is 9.59 Å². The maximum absolute atomic E-state index is 14.0. The molecule has 11 heteroatoms. The SMILES string of the molecule is CC(C)N(C(=O)C(C#N)(Oc1ccccc1Cl)C(=O)CCOc1ccc(C(F)(F)F)cc1Cl)c1ccccc1. The van der Waals surface area contributed by atoms with Gasteiger partial charge in [-0.1, -0.05) is 53.5 Å². The average Bonchev–Trinajstić information content (AvgIpc) is 2.89. The van der Waals surface area contributed by atoms with Crippen LogP contribution in [0.25, 0.3) is 0 Å². The molecule has 0 fully saturated rings. The first-order valence-electron chi connectivity index (χ1n) is 11.7. The molecule has 0 aliphatic heterocycles. The van der Waals surface area contributed by atoms with Crippen molar-refractivity contribution < 1.29 is 32.2 Å². The number of hydrogen-bond acceptors (Lipinski definition) is 5. The average molecular weight is 579 g/mol. The first-order chi connectivity index (χ1) is 18.4. The lowest BCUT2D eigenvalue weighted by molar-refractivity contribution is -0.143. The summed E-state index contributed by atoms with van der Waals surface area (Å²) in [6, 6.07) is 18.3. The van der Waals surface area contributed by atoms with E-state index in [1.165, 1.54) is 17.0 Å². The smallest absolute Gasteiger partial charge is 0.416 e. The van der Waals surface area contributed by atoms with Crippen molar-refractivity contribution in [3.63, 3.8) is 0 Å². The van der Waals surface area contributed by atoms with Crippen molar-refractivity contribution in [3.8, 4) is 17.6 Å². The molecule has 0 heterocycles. The fraction of sp³-hybridized carbons (Fsp3) is 0.250. The van der Waals surface area contributed by atoms with E-state index in [-0.39, 0.29) is 21.5 Å². The lowest BCUT2D eigenvalue weighted by Gasteiger charge is -2.34. The van der Waals surface area contributed by atoms with Crippen LogP contribution in [-0.2, 0) is 15.8 Å². The van der Waals surface area contributed by atoms with Crippen molar-refractivity contribution >= 4 is 40.6 Å². The first kappa shape index (κ1) is 29.8. The minimum atomic E-state index is -4.60. The van der Waals surface area contributed by atoms with Gasteiger partial charge in [0.05, 0.1) is 22.2 Å². The molecule has 6 nitrogen and oxygen atoms in total. The number of carbonyl (C=O) groups excluding carboxylic acids is 2. The summed E-state index contributed by atoms with van der Waals surface area (Å²) in [5.74, 6) is -2.06. The van der Waals surface area contributed by atoms with Crippen LogP contribution in [0.2, 0.25) is 10.0 Å². The maximum Gasteiger partial charge on any atom is 0.416 e. The highest BCUT2D eigenvalue weighted by Crippen LogP contribution is 2.35. The summed E-state index contributed by atoms with van der Waals surface area (Å²) >= 11 is 12.1. The number of anilines is 1. The molecule has 0 radical (unpaired) electrons. The Hall–Kier alpha value is -3.74. The minimum Gasteiger partial charge on any atom is -0.492 e. The Kier molecular flexibility index (Phi) is 9.49. The molecule has 0 saturated heterocycles. The van der Waals surface area contributed by atoms with Gasteiger partial charge < -0.3 is 14.4 Å². The number of ketones is 1. The predicted molar refractivity (Wildman–Crippen MR) is 141 cm³/mol. The van der Waals surface area contributed by atoms with E-state index in [2.05, 4.69) is 0 Å². The number of nitrogens with zero attached hydrogens (tertiary/aromatic N) is 2. The zero-order chi connectivity index (χ0) is 28.8. The Balaban J connectivity index is 1.93. The molecule has 1 unspecified atom stereocenters. The number of rotatable bonds is 10. The van der Waals surface area contributed by atoms with Crippen LogP contribution in [0.1, 0.15) is 25.8 Å². The lowest BCUT2D eigenvalue weighted by atomic mass is 9.94. The van der Waals surface area contributed by atoms with E-state index in [9.17, 15) is 28.0 Å². The Labute approximate surface area is 233 Å². The summed E-state index contributed by atoms with van der Waals surface area (Å²) in [7, 11) is 0. The van der Waals surface area contributed by atoms with Crippen LogP contribution in [0.15, 0.2) is 72.8 Å². The van der Waals surface area contributed by atoms with Gasteiger partial charge in [0.15, 0.2) is 0 Å². The largest absolute Gasteiger partial charge is 0.492 e. The second-order valence-electron chi connectivity index (χ2n) is 8.59.